The van der Waals surface area contributed by atoms with Crippen molar-refractivity contribution in [3.8, 4) is 0 Å². The van der Waals surface area contributed by atoms with Gasteiger partial charge in [0.2, 0.25) is 0 Å². The second kappa shape index (κ2) is 4.35. The molecule has 1 fully saturated rings. The third-order valence-corrected chi connectivity index (χ3v) is 3.01. The van der Waals surface area contributed by atoms with Crippen LogP contribution >= 0.6 is 0 Å². The van der Waals surface area contributed by atoms with Crippen LogP contribution in [0.4, 0.5) is 0 Å². The second-order valence-corrected chi connectivity index (χ2v) is 4.62. The number of carbonyl (C=O) groups excluding carboxylic acids is 1. The Balaban J connectivity index is 2.06. The molecule has 1 heterocycles. The Hall–Kier alpha value is -0.830. The smallest absolute Gasteiger partial charge is 0.157 e. The maximum Gasteiger partial charge on any atom is 0.157 e. The fraction of sp³-hybridized carbons (Fsp3) is 0.750. The quantitative estimate of drug-likeness (QED) is 0.658. The fourth-order valence-corrected chi connectivity index (χ4v) is 2.44. The Kier molecular flexibility index (Phi) is 3.10. The van der Waals surface area contributed by atoms with Gasteiger partial charge in [-0.05, 0) is 26.7 Å². The maximum absolute atomic E-state index is 11.3. The van der Waals surface area contributed by atoms with Crippen molar-refractivity contribution in [2.24, 2.45) is 0 Å². The summed E-state index contributed by atoms with van der Waals surface area (Å²) in [6.45, 7) is 6.02. The van der Waals surface area contributed by atoms with E-state index in [9.17, 15) is 4.79 Å². The zero-order valence-corrected chi connectivity index (χ0v) is 9.53. The van der Waals surface area contributed by atoms with E-state index < -0.39 is 0 Å². The number of ketones is 1. The molecule has 0 aromatic heterocycles. The highest BCUT2D eigenvalue weighted by molar-refractivity contribution is 5.91. The fourth-order valence-electron chi connectivity index (χ4n) is 2.44. The molecule has 0 aromatic rings. The highest BCUT2D eigenvalue weighted by atomic mass is 16.5. The molecule has 2 rings (SSSR count). The summed E-state index contributed by atoms with van der Waals surface area (Å²) in [4.78, 5) is 13.7. The molecule has 84 valence electrons. The van der Waals surface area contributed by atoms with Gasteiger partial charge < -0.3 is 9.64 Å². The average molecular weight is 209 g/mol. The van der Waals surface area contributed by atoms with Gasteiger partial charge in [0.05, 0.1) is 12.2 Å². The number of hydrogen-bond acceptors (Lipinski definition) is 3. The zero-order valence-electron chi connectivity index (χ0n) is 9.53. The number of nitrogens with zero attached hydrogens (tertiary/aromatic N) is 1. The molecule has 3 nitrogen and oxygen atoms in total. The van der Waals surface area contributed by atoms with Crippen molar-refractivity contribution in [2.45, 2.75) is 45.3 Å². The lowest BCUT2D eigenvalue weighted by Gasteiger charge is -2.38. The molecule has 1 aliphatic heterocycles. The van der Waals surface area contributed by atoms with E-state index in [0.717, 1.165) is 32.4 Å². The number of hydrogen-bond donors (Lipinski definition) is 0. The largest absolute Gasteiger partial charge is 0.372 e. The van der Waals surface area contributed by atoms with Gasteiger partial charge in [-0.3, -0.25) is 4.79 Å². The van der Waals surface area contributed by atoms with Gasteiger partial charge in [-0.2, -0.15) is 0 Å². The molecule has 2 aliphatic rings. The van der Waals surface area contributed by atoms with Crippen LogP contribution < -0.4 is 0 Å². The van der Waals surface area contributed by atoms with Gasteiger partial charge in [-0.15, -0.1) is 0 Å². The van der Waals surface area contributed by atoms with Gasteiger partial charge in [-0.25, -0.2) is 0 Å². The lowest BCUT2D eigenvalue weighted by molar-refractivity contribution is -0.115. The van der Waals surface area contributed by atoms with Crippen LogP contribution in [0.1, 0.15) is 33.1 Å². The number of allylic oxidation sites excluding steroid dienone is 2. The van der Waals surface area contributed by atoms with Crippen molar-refractivity contribution in [2.75, 3.05) is 13.1 Å². The molecule has 0 amide bonds. The maximum atomic E-state index is 11.3. The predicted molar refractivity (Wildman–Crippen MR) is 58.5 cm³/mol. The molecular formula is C12H19NO2. The normalized spacial score (nSPS) is 32.8. The number of ether oxygens (including phenoxy) is 1. The first-order valence-electron chi connectivity index (χ1n) is 5.79. The first kappa shape index (κ1) is 10.7. The molecular weight excluding hydrogens is 190 g/mol. The van der Waals surface area contributed by atoms with Crippen LogP contribution in [0.3, 0.4) is 0 Å². The number of carbonyl (C=O) groups is 1. The van der Waals surface area contributed by atoms with Crippen molar-refractivity contribution in [3.05, 3.63) is 11.8 Å². The van der Waals surface area contributed by atoms with Gasteiger partial charge in [0.25, 0.3) is 0 Å². The summed E-state index contributed by atoms with van der Waals surface area (Å²) in [5, 5.41) is 0. The van der Waals surface area contributed by atoms with Crippen LogP contribution in [0.15, 0.2) is 11.8 Å². The molecule has 0 saturated carbocycles. The molecule has 1 aliphatic carbocycles. The van der Waals surface area contributed by atoms with E-state index in [0.29, 0.717) is 0 Å². The van der Waals surface area contributed by atoms with Crippen LogP contribution in [-0.4, -0.2) is 36.0 Å². The van der Waals surface area contributed by atoms with E-state index in [-0.39, 0.29) is 18.0 Å². The minimum atomic E-state index is 0.270. The topological polar surface area (TPSA) is 29.5 Å². The van der Waals surface area contributed by atoms with Gasteiger partial charge >= 0.3 is 0 Å². The Labute approximate surface area is 91.1 Å². The van der Waals surface area contributed by atoms with E-state index in [1.807, 2.05) is 6.08 Å². The Morgan fingerprint density at radius 1 is 1.27 bits per heavy atom. The number of rotatable bonds is 1. The molecule has 0 aromatic carbocycles. The highest BCUT2D eigenvalue weighted by Gasteiger charge is 2.25. The van der Waals surface area contributed by atoms with Gasteiger partial charge in [0, 0.05) is 31.3 Å². The zero-order chi connectivity index (χ0) is 10.8. The first-order chi connectivity index (χ1) is 7.15. The van der Waals surface area contributed by atoms with Crippen molar-refractivity contribution >= 4 is 5.78 Å². The minimum Gasteiger partial charge on any atom is -0.372 e. The van der Waals surface area contributed by atoms with Gasteiger partial charge in [0.15, 0.2) is 5.78 Å². The summed E-state index contributed by atoms with van der Waals surface area (Å²) in [5.41, 5.74) is 1.22. The molecule has 3 heteroatoms. The Morgan fingerprint density at radius 3 is 2.53 bits per heavy atom. The van der Waals surface area contributed by atoms with Crippen LogP contribution in [0.2, 0.25) is 0 Å². The summed E-state index contributed by atoms with van der Waals surface area (Å²) in [6.07, 6.45) is 5.14. The van der Waals surface area contributed by atoms with Crippen molar-refractivity contribution in [1.82, 2.24) is 4.90 Å². The van der Waals surface area contributed by atoms with E-state index in [1.165, 1.54) is 5.70 Å². The predicted octanol–water partition coefficient (Wildman–Crippen LogP) is 1.73. The molecule has 0 bridgehead atoms. The molecule has 0 N–H and O–H groups in total. The molecule has 0 radical (unpaired) electrons. The molecule has 2 atom stereocenters. The highest BCUT2D eigenvalue weighted by Crippen LogP contribution is 2.23. The lowest BCUT2D eigenvalue weighted by Crippen LogP contribution is -2.45. The van der Waals surface area contributed by atoms with Crippen molar-refractivity contribution in [3.63, 3.8) is 0 Å². The Bertz CT molecular complexity index is 275. The molecule has 1 saturated heterocycles. The van der Waals surface area contributed by atoms with Crippen LogP contribution in [0.5, 0.6) is 0 Å². The minimum absolute atomic E-state index is 0.270. The van der Waals surface area contributed by atoms with E-state index in [2.05, 4.69) is 18.7 Å². The lowest BCUT2D eigenvalue weighted by atomic mass is 10.0. The van der Waals surface area contributed by atoms with Crippen LogP contribution in [0.25, 0.3) is 0 Å². The van der Waals surface area contributed by atoms with Crippen molar-refractivity contribution in [1.29, 1.82) is 0 Å². The molecule has 0 spiro atoms. The van der Waals surface area contributed by atoms with Crippen LogP contribution in [-0.2, 0) is 9.53 Å². The van der Waals surface area contributed by atoms with Crippen molar-refractivity contribution < 1.29 is 9.53 Å². The Morgan fingerprint density at radius 2 is 1.93 bits per heavy atom. The third kappa shape index (κ3) is 2.59. The summed E-state index contributed by atoms with van der Waals surface area (Å²) in [7, 11) is 0. The summed E-state index contributed by atoms with van der Waals surface area (Å²) in [6, 6.07) is 0. The third-order valence-electron chi connectivity index (χ3n) is 3.01. The average Bonchev–Trinajstić information content (AvgIpc) is 2.16. The van der Waals surface area contributed by atoms with Crippen LogP contribution in [0, 0.1) is 0 Å². The first-order valence-corrected chi connectivity index (χ1v) is 5.79. The number of morpholine rings is 1. The molecule has 0 unspecified atom stereocenters. The monoisotopic (exact) mass is 209 g/mol. The standard InChI is InChI=1S/C12H19NO2/c1-9-7-13(8-10(2)15-9)11-4-3-5-12(14)6-11/h6,9-10H,3-5,7-8H2,1-2H3/t9-,10+. The second-order valence-electron chi connectivity index (χ2n) is 4.62. The van der Waals surface area contributed by atoms with Gasteiger partial charge in [0.1, 0.15) is 0 Å². The van der Waals surface area contributed by atoms with E-state index >= 15 is 0 Å². The summed E-state index contributed by atoms with van der Waals surface area (Å²) in [5.74, 6) is 0.281. The SMILES string of the molecule is C[C@@H]1CN(C2=CC(=O)CCC2)C[C@H](C)O1. The summed E-state index contributed by atoms with van der Waals surface area (Å²) >= 11 is 0. The molecule has 15 heavy (non-hydrogen) atoms. The summed E-state index contributed by atoms with van der Waals surface area (Å²) < 4.78 is 5.68. The van der Waals surface area contributed by atoms with E-state index in [4.69, 9.17) is 4.74 Å². The van der Waals surface area contributed by atoms with Gasteiger partial charge in [-0.1, -0.05) is 0 Å². The van der Waals surface area contributed by atoms with E-state index in [1.54, 1.807) is 0 Å².